The van der Waals surface area contributed by atoms with Crippen molar-refractivity contribution in [2.45, 2.75) is 101 Å². The van der Waals surface area contributed by atoms with Gasteiger partial charge in [0.2, 0.25) is 0 Å². The summed E-state index contributed by atoms with van der Waals surface area (Å²) in [5.41, 5.74) is -2.68. The van der Waals surface area contributed by atoms with E-state index in [9.17, 15) is 97.1 Å². The molecule has 12 rings (SSSR count). The third kappa shape index (κ3) is 11.3. The van der Waals surface area contributed by atoms with Crippen LogP contribution in [-0.2, 0) is 134 Å². The highest BCUT2D eigenvalue weighted by Crippen LogP contribution is 2.64. The lowest BCUT2D eigenvalue weighted by atomic mass is 9.73. The van der Waals surface area contributed by atoms with E-state index in [1.54, 1.807) is 0 Å². The molecule has 22 unspecified atom stereocenters. The van der Waals surface area contributed by atoms with Crippen LogP contribution in [0.1, 0.15) is 52.4 Å². The van der Waals surface area contributed by atoms with Gasteiger partial charge in [-0.05, 0) is 52.4 Å². The highest BCUT2D eigenvalue weighted by Gasteiger charge is 2.77. The van der Waals surface area contributed by atoms with Crippen molar-refractivity contribution in [2.75, 3.05) is 26.4 Å². The zero-order valence-corrected chi connectivity index (χ0v) is 47.8. The highest BCUT2D eigenvalue weighted by molar-refractivity contribution is 6.03. The van der Waals surface area contributed by atoms with Gasteiger partial charge in [0.25, 0.3) is 0 Å². The Hall–Kier alpha value is -9.52. The van der Waals surface area contributed by atoms with E-state index in [0.717, 1.165) is 12.2 Å². The summed E-state index contributed by atoms with van der Waals surface area (Å²) in [7, 11) is 0. The van der Waals surface area contributed by atoms with E-state index in [4.69, 9.17) is 47.4 Å². The largest absolute Gasteiger partial charge is 0.481 e. The molecule has 484 valence electrons. The van der Waals surface area contributed by atoms with Gasteiger partial charge in [-0.15, -0.1) is 0 Å². The number of hydrogen-bond donors (Lipinski definition) is 4. The van der Waals surface area contributed by atoms with E-state index in [2.05, 4.69) is 35.8 Å². The van der Waals surface area contributed by atoms with Crippen LogP contribution in [0, 0.1) is 81.8 Å². The van der Waals surface area contributed by atoms with E-state index >= 15 is 0 Å². The minimum Gasteiger partial charge on any atom is -0.481 e. The first kappa shape index (κ1) is 64.9. The molecule has 4 heterocycles. The van der Waals surface area contributed by atoms with Crippen LogP contribution in [0.15, 0.2) is 49.6 Å². The maximum Gasteiger partial charge on any atom is 0.344 e. The summed E-state index contributed by atoms with van der Waals surface area (Å²) in [4.78, 5) is 184. The summed E-state index contributed by atoms with van der Waals surface area (Å²) in [6, 6.07) is 0. The standard InChI is InChI=1S/2C15H16O8.2C14H14O8/c1-6(2)12(17)21-5-9(16)22-10-7-3-8-11(10)23-14(20)15(8,4-7)13(18)19;1-5(2)14(19)21-4-8(16)22-11-6-3-7-10(9(6)13(17)18)15(20)23-12(7)11;1-2-8(15)20-5-9(16)21-10-6-3-7-11(10)22-13(19)14(7,4-6)12(17)18;1-2-7(15)20-4-8(16)21-11-5-3-6-10(9(5)13(17)18)14(19)22-12(6)11/h7-8,10-11H,1,3-5H2,2H3,(H,18,19);6-7,9-12H,1,3-4H2,2H3,(H,17,18);2,6-7,10-11H,1,3-5H2,(H,17,18);2,5-6,9-12H,1,3-4H2,(H,17,18). The fourth-order valence-corrected chi connectivity index (χ4v) is 15.5. The van der Waals surface area contributed by atoms with Gasteiger partial charge in [0.05, 0.1) is 23.7 Å². The van der Waals surface area contributed by atoms with Crippen LogP contribution >= 0.6 is 0 Å². The van der Waals surface area contributed by atoms with Crippen molar-refractivity contribution in [3.63, 3.8) is 0 Å². The predicted molar refractivity (Wildman–Crippen MR) is 278 cm³/mol. The Morgan fingerprint density at radius 1 is 0.467 bits per heavy atom. The molecular weight excluding hydrogens is 1210 g/mol. The number of carbonyl (C=O) groups excluding carboxylic acids is 12. The number of carboxylic acids is 4. The number of rotatable bonds is 20. The first-order valence-electron chi connectivity index (χ1n) is 28.2. The molecule has 0 aromatic heterocycles. The molecule has 4 N–H and O–H groups in total. The fraction of sp³-hybridized carbons (Fsp3) is 0.586. The Labute approximate surface area is 507 Å². The van der Waals surface area contributed by atoms with Gasteiger partial charge < -0.3 is 77.3 Å². The Morgan fingerprint density at radius 3 is 1.09 bits per heavy atom. The molecule has 4 saturated heterocycles. The average molecular weight is 1270 g/mol. The first-order chi connectivity index (χ1) is 42.4. The van der Waals surface area contributed by atoms with Gasteiger partial charge in [-0.3, -0.25) is 38.4 Å². The van der Waals surface area contributed by atoms with Crippen molar-refractivity contribution in [3.8, 4) is 0 Å². The van der Waals surface area contributed by atoms with Crippen molar-refractivity contribution >= 4 is 95.5 Å². The van der Waals surface area contributed by atoms with E-state index in [0.29, 0.717) is 25.7 Å². The molecule has 0 spiro atoms. The van der Waals surface area contributed by atoms with Crippen LogP contribution in [0.4, 0.5) is 0 Å². The highest BCUT2D eigenvalue weighted by atomic mass is 16.6. The summed E-state index contributed by atoms with van der Waals surface area (Å²) in [6.45, 7) is 13.7. The van der Waals surface area contributed by atoms with Crippen molar-refractivity contribution in [2.24, 2.45) is 81.8 Å². The van der Waals surface area contributed by atoms with Crippen molar-refractivity contribution in [1.82, 2.24) is 0 Å². The monoisotopic (exact) mass is 1270 g/mol. The van der Waals surface area contributed by atoms with Crippen LogP contribution in [-0.4, -0.2) is 191 Å². The molecule has 4 aliphatic heterocycles. The lowest BCUT2D eigenvalue weighted by molar-refractivity contribution is -0.170. The van der Waals surface area contributed by atoms with Crippen molar-refractivity contribution in [3.05, 3.63) is 49.6 Å². The maximum absolute atomic E-state index is 12.0. The summed E-state index contributed by atoms with van der Waals surface area (Å²) >= 11 is 0. The Morgan fingerprint density at radius 2 is 0.789 bits per heavy atom. The molecule has 0 aromatic carbocycles. The smallest absolute Gasteiger partial charge is 0.344 e. The molecule has 12 fully saturated rings. The number of hydrogen-bond acceptors (Lipinski definition) is 28. The summed E-state index contributed by atoms with van der Waals surface area (Å²) in [5, 5.41) is 37.4. The summed E-state index contributed by atoms with van der Waals surface area (Å²) in [5.74, 6) is -19.1. The maximum atomic E-state index is 12.0. The number of ether oxygens (including phenoxy) is 12. The molecule has 0 amide bonds. The third-order valence-electron chi connectivity index (χ3n) is 19.0. The Balaban J connectivity index is 0.000000142. The molecule has 22 atom stereocenters. The number of carboxylic acid groups (broad SMARTS) is 4. The van der Waals surface area contributed by atoms with Crippen LogP contribution in [0.5, 0.6) is 0 Å². The second-order valence-electron chi connectivity index (χ2n) is 23.8. The zero-order valence-electron chi connectivity index (χ0n) is 47.8. The molecule has 0 radical (unpaired) electrons. The molecule has 32 nitrogen and oxygen atoms in total. The predicted octanol–water partition coefficient (Wildman–Crippen LogP) is -0.854. The molecule has 12 aliphatic rings. The van der Waals surface area contributed by atoms with E-state index in [-0.39, 0.29) is 47.7 Å². The lowest BCUT2D eigenvalue weighted by Crippen LogP contribution is -2.44. The van der Waals surface area contributed by atoms with Gasteiger partial charge in [-0.25, -0.2) is 38.4 Å². The fourth-order valence-electron chi connectivity index (χ4n) is 15.5. The molecular formula is C58H60O32. The Kier molecular flexibility index (Phi) is 17.9. The van der Waals surface area contributed by atoms with Gasteiger partial charge in [-0.2, -0.15) is 0 Å². The Bertz CT molecular complexity index is 3210. The minimum absolute atomic E-state index is 0.103. The van der Waals surface area contributed by atoms with Crippen LogP contribution < -0.4 is 0 Å². The molecule has 90 heavy (non-hydrogen) atoms. The first-order valence-corrected chi connectivity index (χ1v) is 28.2. The van der Waals surface area contributed by atoms with Crippen molar-refractivity contribution in [1.29, 1.82) is 0 Å². The average Bonchev–Trinajstić information content (AvgIpc) is 1.57. The lowest BCUT2D eigenvalue weighted by Gasteiger charge is -2.29. The SMILES string of the molecule is C=C(C)C(=O)OCC(=O)OC1C2CC3C1OC(=O)C3(C(=O)O)C2.C=C(C)C(=O)OCC(=O)OC1C2CC3C1OC(=O)C3C2C(=O)O.C=CC(=O)OCC(=O)OC1C2CC3C1OC(=O)C3(C(=O)O)C2.C=CC(=O)OCC(=O)OC1C2CC3C1OC(=O)C3C2C(=O)O. The number of carbonyl (C=O) groups is 16. The molecule has 8 saturated carbocycles. The van der Waals surface area contributed by atoms with Gasteiger partial charge >= 0.3 is 95.5 Å². The van der Waals surface area contributed by atoms with Crippen LogP contribution in [0.3, 0.4) is 0 Å². The van der Waals surface area contributed by atoms with Crippen LogP contribution in [0.25, 0.3) is 0 Å². The molecule has 0 aromatic rings. The third-order valence-corrected chi connectivity index (χ3v) is 19.0. The number of esters is 12. The summed E-state index contributed by atoms with van der Waals surface area (Å²) < 4.78 is 60.1. The molecule has 8 aliphatic carbocycles. The topological polar surface area (TPSA) is 465 Å². The van der Waals surface area contributed by atoms with Crippen molar-refractivity contribution < 1.29 is 154 Å². The van der Waals surface area contributed by atoms with Gasteiger partial charge in [0.15, 0.2) is 37.3 Å². The van der Waals surface area contributed by atoms with Gasteiger partial charge in [-0.1, -0.05) is 26.3 Å². The zero-order chi connectivity index (χ0) is 65.9. The second-order valence-corrected chi connectivity index (χ2v) is 23.8. The van der Waals surface area contributed by atoms with E-state index in [1.807, 2.05) is 0 Å². The number of fused-ring (bicyclic) bond motifs is 4. The quantitative estimate of drug-likeness (QED) is 0.0499. The summed E-state index contributed by atoms with van der Waals surface area (Å²) in [6.07, 6.45) is -1.73. The second kappa shape index (κ2) is 24.8. The molecule has 8 bridgehead atoms. The van der Waals surface area contributed by atoms with Crippen LogP contribution in [0.2, 0.25) is 0 Å². The van der Waals surface area contributed by atoms with Gasteiger partial charge in [0.1, 0.15) is 48.8 Å². The van der Waals surface area contributed by atoms with Gasteiger partial charge in [0, 0.05) is 70.6 Å². The minimum atomic E-state index is -1.50. The number of aliphatic carboxylic acids is 4. The molecule has 32 heteroatoms. The van der Waals surface area contributed by atoms with E-state index in [1.165, 1.54) is 13.8 Å². The van der Waals surface area contributed by atoms with E-state index < -0.39 is 229 Å². The normalized spacial score (nSPS) is 37.0.